The summed E-state index contributed by atoms with van der Waals surface area (Å²) in [6, 6.07) is 5.26. The molecule has 0 radical (unpaired) electrons. The summed E-state index contributed by atoms with van der Waals surface area (Å²) >= 11 is 0. The molecular formula is C17H25FN2O. The van der Waals surface area contributed by atoms with Gasteiger partial charge < -0.3 is 10.5 Å². The van der Waals surface area contributed by atoms with Gasteiger partial charge in [-0.25, -0.2) is 4.39 Å². The molecule has 0 spiro atoms. The number of benzene rings is 1. The zero-order valence-corrected chi connectivity index (χ0v) is 12.8. The maximum Gasteiger partial charge on any atom is 0.126 e. The van der Waals surface area contributed by atoms with E-state index in [0.717, 1.165) is 44.7 Å². The molecule has 0 amide bonds. The number of rotatable bonds is 3. The molecule has 1 saturated heterocycles. The SMILES string of the molecule is Cc1cc(C(N)C2(N3CCOCC3)CCCC2)ccc1F. The molecule has 1 saturated carbocycles. The van der Waals surface area contributed by atoms with Crippen LogP contribution in [-0.4, -0.2) is 36.7 Å². The highest BCUT2D eigenvalue weighted by molar-refractivity contribution is 5.29. The van der Waals surface area contributed by atoms with Gasteiger partial charge in [0.25, 0.3) is 0 Å². The average Bonchev–Trinajstić information content (AvgIpc) is 3.01. The van der Waals surface area contributed by atoms with E-state index in [1.807, 2.05) is 19.1 Å². The Bertz CT molecular complexity index is 494. The summed E-state index contributed by atoms with van der Waals surface area (Å²) in [6.07, 6.45) is 4.71. The zero-order chi connectivity index (χ0) is 14.9. The summed E-state index contributed by atoms with van der Waals surface area (Å²) in [6.45, 7) is 5.29. The van der Waals surface area contributed by atoms with Crippen molar-refractivity contribution < 1.29 is 9.13 Å². The summed E-state index contributed by atoms with van der Waals surface area (Å²) in [5.74, 6) is -0.155. The Hall–Kier alpha value is -0.970. The highest BCUT2D eigenvalue weighted by Gasteiger charge is 2.45. The van der Waals surface area contributed by atoms with Crippen LogP contribution in [0.5, 0.6) is 0 Å². The number of nitrogens with zero attached hydrogens (tertiary/aromatic N) is 1. The first-order valence-electron chi connectivity index (χ1n) is 7.98. The molecule has 1 aromatic carbocycles. The second-order valence-electron chi connectivity index (χ2n) is 6.40. The number of morpholine rings is 1. The number of aryl methyl sites for hydroxylation is 1. The topological polar surface area (TPSA) is 38.5 Å². The van der Waals surface area contributed by atoms with Gasteiger partial charge in [-0.05, 0) is 37.0 Å². The first-order chi connectivity index (χ1) is 10.1. The summed E-state index contributed by atoms with van der Waals surface area (Å²) < 4.78 is 19.0. The third-order valence-electron chi connectivity index (χ3n) is 5.23. The molecule has 21 heavy (non-hydrogen) atoms. The molecule has 2 aliphatic rings. The van der Waals surface area contributed by atoms with Crippen LogP contribution in [0.1, 0.15) is 42.9 Å². The fourth-order valence-corrected chi connectivity index (χ4v) is 3.99. The van der Waals surface area contributed by atoms with Crippen LogP contribution in [0.2, 0.25) is 0 Å². The number of halogens is 1. The molecule has 1 heterocycles. The largest absolute Gasteiger partial charge is 0.379 e. The third kappa shape index (κ3) is 2.72. The Morgan fingerprint density at radius 2 is 1.90 bits per heavy atom. The number of hydrogen-bond acceptors (Lipinski definition) is 3. The van der Waals surface area contributed by atoms with Crippen molar-refractivity contribution >= 4 is 0 Å². The van der Waals surface area contributed by atoms with Gasteiger partial charge in [-0.3, -0.25) is 4.90 Å². The van der Waals surface area contributed by atoms with Crippen LogP contribution in [-0.2, 0) is 4.74 Å². The van der Waals surface area contributed by atoms with Gasteiger partial charge in [0.2, 0.25) is 0 Å². The van der Waals surface area contributed by atoms with Crippen LogP contribution in [0, 0.1) is 12.7 Å². The zero-order valence-electron chi connectivity index (χ0n) is 12.8. The lowest BCUT2D eigenvalue weighted by atomic mass is 9.82. The first-order valence-corrected chi connectivity index (χ1v) is 7.98. The molecule has 0 aromatic heterocycles. The smallest absolute Gasteiger partial charge is 0.126 e. The lowest BCUT2D eigenvalue weighted by Crippen LogP contribution is -2.57. The summed E-state index contributed by atoms with van der Waals surface area (Å²) in [5, 5.41) is 0. The Kier molecular flexibility index (Phi) is 4.29. The monoisotopic (exact) mass is 292 g/mol. The molecule has 1 unspecified atom stereocenters. The lowest BCUT2D eigenvalue weighted by molar-refractivity contribution is -0.0311. The highest BCUT2D eigenvalue weighted by Crippen LogP contribution is 2.43. The van der Waals surface area contributed by atoms with Crippen LogP contribution >= 0.6 is 0 Å². The maximum absolute atomic E-state index is 13.5. The lowest BCUT2D eigenvalue weighted by Gasteiger charge is -2.47. The summed E-state index contributed by atoms with van der Waals surface area (Å²) in [4.78, 5) is 2.52. The Balaban J connectivity index is 1.90. The van der Waals surface area contributed by atoms with Crippen LogP contribution in [0.4, 0.5) is 4.39 Å². The number of ether oxygens (including phenoxy) is 1. The second kappa shape index (κ2) is 6.03. The molecule has 0 bridgehead atoms. The van der Waals surface area contributed by atoms with Crippen molar-refractivity contribution in [2.24, 2.45) is 5.73 Å². The molecule has 1 aliphatic carbocycles. The van der Waals surface area contributed by atoms with Gasteiger partial charge in [0.1, 0.15) is 5.82 Å². The Morgan fingerprint density at radius 1 is 1.24 bits per heavy atom. The molecular weight excluding hydrogens is 267 g/mol. The fraction of sp³-hybridized carbons (Fsp3) is 0.647. The van der Waals surface area contributed by atoms with Crippen molar-refractivity contribution in [3.8, 4) is 0 Å². The molecule has 1 aliphatic heterocycles. The van der Waals surface area contributed by atoms with E-state index in [1.165, 1.54) is 12.8 Å². The average molecular weight is 292 g/mol. The predicted molar refractivity (Wildman–Crippen MR) is 81.7 cm³/mol. The maximum atomic E-state index is 13.5. The number of nitrogens with two attached hydrogens (primary N) is 1. The molecule has 116 valence electrons. The van der Waals surface area contributed by atoms with Crippen molar-refractivity contribution in [3.05, 3.63) is 35.1 Å². The molecule has 1 aromatic rings. The normalized spacial score (nSPS) is 24.1. The standard InChI is InChI=1S/C17H25FN2O/c1-13-12-14(4-5-15(13)18)16(19)17(6-2-3-7-17)20-8-10-21-11-9-20/h4-5,12,16H,2-3,6-11,19H2,1H3. The highest BCUT2D eigenvalue weighted by atomic mass is 19.1. The Labute approximate surface area is 126 Å². The second-order valence-corrected chi connectivity index (χ2v) is 6.40. The van der Waals surface area contributed by atoms with Crippen LogP contribution in [0.15, 0.2) is 18.2 Å². The van der Waals surface area contributed by atoms with E-state index < -0.39 is 0 Å². The predicted octanol–water partition coefficient (Wildman–Crippen LogP) is 2.78. The Morgan fingerprint density at radius 3 is 2.52 bits per heavy atom. The molecule has 3 nitrogen and oxygen atoms in total. The van der Waals surface area contributed by atoms with Crippen molar-refractivity contribution in [1.82, 2.24) is 4.90 Å². The van der Waals surface area contributed by atoms with Crippen molar-refractivity contribution in [1.29, 1.82) is 0 Å². The van der Waals surface area contributed by atoms with Crippen LogP contribution in [0.3, 0.4) is 0 Å². The minimum atomic E-state index is -0.155. The van der Waals surface area contributed by atoms with E-state index in [4.69, 9.17) is 10.5 Å². The van der Waals surface area contributed by atoms with E-state index in [2.05, 4.69) is 4.90 Å². The number of hydrogen-bond donors (Lipinski definition) is 1. The van der Waals surface area contributed by atoms with E-state index in [1.54, 1.807) is 6.07 Å². The summed E-state index contributed by atoms with van der Waals surface area (Å²) in [7, 11) is 0. The molecule has 1 atom stereocenters. The fourth-order valence-electron chi connectivity index (χ4n) is 3.99. The van der Waals surface area contributed by atoms with Gasteiger partial charge in [-0.1, -0.05) is 25.0 Å². The van der Waals surface area contributed by atoms with E-state index in [9.17, 15) is 4.39 Å². The van der Waals surface area contributed by atoms with Crippen LogP contribution in [0.25, 0.3) is 0 Å². The van der Waals surface area contributed by atoms with E-state index in [-0.39, 0.29) is 17.4 Å². The molecule has 4 heteroatoms. The summed E-state index contributed by atoms with van der Waals surface area (Å²) in [5.41, 5.74) is 8.44. The van der Waals surface area contributed by atoms with Crippen molar-refractivity contribution in [2.75, 3.05) is 26.3 Å². The molecule has 2 fully saturated rings. The van der Waals surface area contributed by atoms with Gasteiger partial charge >= 0.3 is 0 Å². The van der Waals surface area contributed by atoms with Gasteiger partial charge in [0, 0.05) is 24.7 Å². The van der Waals surface area contributed by atoms with Crippen molar-refractivity contribution in [3.63, 3.8) is 0 Å². The molecule has 3 rings (SSSR count). The third-order valence-corrected chi connectivity index (χ3v) is 5.23. The van der Waals surface area contributed by atoms with Crippen LogP contribution < -0.4 is 5.73 Å². The van der Waals surface area contributed by atoms with E-state index >= 15 is 0 Å². The van der Waals surface area contributed by atoms with Gasteiger partial charge in [-0.2, -0.15) is 0 Å². The molecule has 2 N–H and O–H groups in total. The minimum absolute atomic E-state index is 0.0219. The van der Waals surface area contributed by atoms with Crippen molar-refractivity contribution in [2.45, 2.75) is 44.2 Å². The quantitative estimate of drug-likeness (QED) is 0.931. The minimum Gasteiger partial charge on any atom is -0.379 e. The van der Waals surface area contributed by atoms with E-state index in [0.29, 0.717) is 5.56 Å². The first kappa shape index (κ1) is 14.9. The van der Waals surface area contributed by atoms with Gasteiger partial charge in [0.15, 0.2) is 0 Å². The van der Waals surface area contributed by atoms with Gasteiger partial charge in [-0.15, -0.1) is 0 Å². The van der Waals surface area contributed by atoms with Gasteiger partial charge in [0.05, 0.1) is 13.2 Å².